The number of amides is 1. The van der Waals surface area contributed by atoms with Crippen molar-refractivity contribution in [3.05, 3.63) is 0 Å². The first kappa shape index (κ1) is 9.45. The average Bonchev–Trinajstić information content (AvgIpc) is 2.84. The predicted octanol–water partition coefficient (Wildman–Crippen LogP) is -0.589. The zero-order chi connectivity index (χ0) is 10.3. The van der Waals surface area contributed by atoms with Gasteiger partial charge in [0.25, 0.3) is 0 Å². The van der Waals surface area contributed by atoms with E-state index in [1.54, 1.807) is 4.90 Å². The van der Waals surface area contributed by atoms with Gasteiger partial charge in [0.1, 0.15) is 5.41 Å². The van der Waals surface area contributed by atoms with E-state index in [4.69, 9.17) is 10.8 Å². The Morgan fingerprint density at radius 2 is 2.07 bits per heavy atom. The molecule has 2 fully saturated rings. The van der Waals surface area contributed by atoms with Gasteiger partial charge < -0.3 is 15.7 Å². The third-order valence-electron chi connectivity index (χ3n) is 3.08. The van der Waals surface area contributed by atoms with Crippen LogP contribution >= 0.6 is 0 Å². The number of rotatable bonds is 2. The molecule has 1 aliphatic heterocycles. The van der Waals surface area contributed by atoms with Gasteiger partial charge in [0, 0.05) is 19.1 Å². The molecule has 5 nitrogen and oxygen atoms in total. The number of nitrogens with zero attached hydrogens (tertiary/aromatic N) is 1. The Bertz CT molecular complexity index is 286. The number of hydrogen-bond acceptors (Lipinski definition) is 3. The SMILES string of the molecule is NC1CCN(C(=O)C2(C(=O)O)CC2)C1. The molecule has 3 N–H and O–H groups in total. The third-order valence-corrected chi connectivity index (χ3v) is 3.08. The van der Waals surface area contributed by atoms with Gasteiger partial charge in [-0.15, -0.1) is 0 Å². The zero-order valence-corrected chi connectivity index (χ0v) is 7.90. The van der Waals surface area contributed by atoms with Gasteiger partial charge in [0.15, 0.2) is 0 Å². The van der Waals surface area contributed by atoms with Gasteiger partial charge in [-0.2, -0.15) is 0 Å². The Kier molecular flexibility index (Phi) is 1.99. The molecule has 1 amide bonds. The van der Waals surface area contributed by atoms with E-state index in [9.17, 15) is 9.59 Å². The quantitative estimate of drug-likeness (QED) is 0.581. The second-order valence-electron chi connectivity index (χ2n) is 4.19. The number of likely N-dealkylation sites (tertiary alicyclic amines) is 1. The summed E-state index contributed by atoms with van der Waals surface area (Å²) < 4.78 is 0. The summed E-state index contributed by atoms with van der Waals surface area (Å²) in [6.45, 7) is 1.11. The lowest BCUT2D eigenvalue weighted by atomic mass is 10.1. The minimum atomic E-state index is -1.09. The van der Waals surface area contributed by atoms with Crippen LogP contribution in [0.2, 0.25) is 0 Å². The molecule has 14 heavy (non-hydrogen) atoms. The lowest BCUT2D eigenvalue weighted by Gasteiger charge is -2.19. The van der Waals surface area contributed by atoms with Crippen molar-refractivity contribution in [1.29, 1.82) is 0 Å². The van der Waals surface area contributed by atoms with Gasteiger partial charge in [0.05, 0.1) is 0 Å². The van der Waals surface area contributed by atoms with Crippen LogP contribution in [0, 0.1) is 5.41 Å². The van der Waals surface area contributed by atoms with E-state index < -0.39 is 11.4 Å². The van der Waals surface area contributed by atoms with Crippen molar-refractivity contribution in [3.8, 4) is 0 Å². The lowest BCUT2D eigenvalue weighted by molar-refractivity contribution is -0.152. The molecular formula is C9H14N2O3. The Hall–Kier alpha value is -1.10. The third kappa shape index (κ3) is 1.28. The minimum Gasteiger partial charge on any atom is -0.480 e. The van der Waals surface area contributed by atoms with Crippen molar-refractivity contribution in [2.45, 2.75) is 25.3 Å². The zero-order valence-electron chi connectivity index (χ0n) is 7.90. The van der Waals surface area contributed by atoms with Gasteiger partial charge in [-0.1, -0.05) is 0 Å². The van der Waals surface area contributed by atoms with E-state index in [0.717, 1.165) is 6.42 Å². The van der Waals surface area contributed by atoms with E-state index in [1.807, 2.05) is 0 Å². The molecule has 0 aromatic carbocycles. The first-order valence-electron chi connectivity index (χ1n) is 4.84. The van der Waals surface area contributed by atoms with Crippen LogP contribution in [0.1, 0.15) is 19.3 Å². The molecule has 1 atom stereocenters. The van der Waals surface area contributed by atoms with Crippen molar-refractivity contribution in [2.24, 2.45) is 11.1 Å². The number of hydrogen-bond donors (Lipinski definition) is 2. The number of aliphatic carboxylic acids is 1. The summed E-state index contributed by atoms with van der Waals surface area (Å²) in [5, 5.41) is 8.92. The van der Waals surface area contributed by atoms with E-state index in [2.05, 4.69) is 0 Å². The Morgan fingerprint density at radius 3 is 2.43 bits per heavy atom. The highest BCUT2D eigenvalue weighted by molar-refractivity contribution is 6.04. The molecule has 78 valence electrons. The molecule has 0 spiro atoms. The fraction of sp³-hybridized carbons (Fsp3) is 0.778. The fourth-order valence-corrected chi connectivity index (χ4v) is 1.92. The second-order valence-corrected chi connectivity index (χ2v) is 4.19. The lowest BCUT2D eigenvalue weighted by Crippen LogP contribution is -2.40. The molecule has 1 saturated carbocycles. The predicted molar refractivity (Wildman–Crippen MR) is 48.5 cm³/mol. The topological polar surface area (TPSA) is 83.6 Å². The summed E-state index contributed by atoms with van der Waals surface area (Å²) in [7, 11) is 0. The largest absolute Gasteiger partial charge is 0.480 e. The van der Waals surface area contributed by atoms with E-state index in [-0.39, 0.29) is 11.9 Å². The van der Waals surface area contributed by atoms with E-state index in [1.165, 1.54) is 0 Å². The van der Waals surface area contributed by atoms with Crippen molar-refractivity contribution in [1.82, 2.24) is 4.90 Å². The van der Waals surface area contributed by atoms with Crippen molar-refractivity contribution >= 4 is 11.9 Å². The number of carboxylic acids is 1. The smallest absolute Gasteiger partial charge is 0.319 e. The molecule has 2 aliphatic rings. The molecule has 1 aliphatic carbocycles. The first-order valence-corrected chi connectivity index (χ1v) is 4.84. The highest BCUT2D eigenvalue weighted by Crippen LogP contribution is 2.47. The van der Waals surface area contributed by atoms with Crippen LogP contribution in [0.5, 0.6) is 0 Å². The number of carbonyl (C=O) groups excluding carboxylic acids is 1. The number of carboxylic acid groups (broad SMARTS) is 1. The van der Waals surface area contributed by atoms with Crippen LogP contribution in [-0.4, -0.2) is 41.0 Å². The average molecular weight is 198 g/mol. The molecule has 1 unspecified atom stereocenters. The first-order chi connectivity index (χ1) is 6.56. The van der Waals surface area contributed by atoms with Crippen LogP contribution < -0.4 is 5.73 Å². The standard InChI is InChI=1S/C9H14N2O3/c10-6-1-4-11(5-6)7(12)9(2-3-9)8(13)14/h6H,1-5,10H2,(H,13,14). The Labute approximate surface area is 81.9 Å². The highest BCUT2D eigenvalue weighted by Gasteiger charge is 2.58. The molecule has 1 heterocycles. The maximum absolute atomic E-state index is 11.8. The molecular weight excluding hydrogens is 184 g/mol. The molecule has 0 aromatic heterocycles. The Morgan fingerprint density at radius 1 is 1.43 bits per heavy atom. The van der Waals surface area contributed by atoms with Crippen molar-refractivity contribution < 1.29 is 14.7 Å². The van der Waals surface area contributed by atoms with E-state index >= 15 is 0 Å². The summed E-state index contributed by atoms with van der Waals surface area (Å²) in [6.07, 6.45) is 1.74. The van der Waals surface area contributed by atoms with Crippen molar-refractivity contribution in [2.75, 3.05) is 13.1 Å². The summed E-state index contributed by atoms with van der Waals surface area (Å²) >= 11 is 0. The summed E-state index contributed by atoms with van der Waals surface area (Å²) in [5.41, 5.74) is 4.57. The van der Waals surface area contributed by atoms with Crippen molar-refractivity contribution in [3.63, 3.8) is 0 Å². The summed E-state index contributed by atoms with van der Waals surface area (Å²) in [5.74, 6) is -1.22. The van der Waals surface area contributed by atoms with E-state index in [0.29, 0.717) is 25.9 Å². The maximum atomic E-state index is 11.8. The highest BCUT2D eigenvalue weighted by atomic mass is 16.4. The molecule has 1 saturated heterocycles. The minimum absolute atomic E-state index is 0.0172. The van der Waals surface area contributed by atoms with Crippen LogP contribution in [0.3, 0.4) is 0 Å². The molecule has 0 radical (unpaired) electrons. The fourth-order valence-electron chi connectivity index (χ4n) is 1.92. The van der Waals surface area contributed by atoms with Crippen LogP contribution in [-0.2, 0) is 9.59 Å². The van der Waals surface area contributed by atoms with Crippen LogP contribution in [0.15, 0.2) is 0 Å². The molecule has 2 rings (SSSR count). The number of nitrogens with two attached hydrogens (primary N) is 1. The summed E-state index contributed by atoms with van der Waals surface area (Å²) in [4.78, 5) is 24.3. The molecule has 0 bridgehead atoms. The molecule has 5 heteroatoms. The van der Waals surface area contributed by atoms with Gasteiger partial charge in [-0.3, -0.25) is 9.59 Å². The number of carbonyl (C=O) groups is 2. The Balaban J connectivity index is 2.06. The second kappa shape index (κ2) is 2.95. The van der Waals surface area contributed by atoms with Crippen LogP contribution in [0.25, 0.3) is 0 Å². The summed E-state index contributed by atoms with van der Waals surface area (Å²) in [6, 6.07) is 0.0172. The van der Waals surface area contributed by atoms with Crippen LogP contribution in [0.4, 0.5) is 0 Å². The van der Waals surface area contributed by atoms with Gasteiger partial charge in [-0.25, -0.2) is 0 Å². The van der Waals surface area contributed by atoms with Gasteiger partial charge >= 0.3 is 5.97 Å². The maximum Gasteiger partial charge on any atom is 0.319 e. The van der Waals surface area contributed by atoms with Gasteiger partial charge in [-0.05, 0) is 19.3 Å². The normalized spacial score (nSPS) is 28.9. The van der Waals surface area contributed by atoms with Gasteiger partial charge in [0.2, 0.25) is 5.91 Å². The monoisotopic (exact) mass is 198 g/mol. The molecule has 0 aromatic rings.